The van der Waals surface area contributed by atoms with E-state index in [0.29, 0.717) is 12.1 Å². The van der Waals surface area contributed by atoms with Gasteiger partial charge < -0.3 is 10.2 Å². The molecule has 1 heterocycles. The standard InChI is InChI=1S/C18H24N4O4/c1-12(2)8-15(17(23)24)20-16(18(25)26)9-14-10-19-11-22(14)21-13-6-4-3-5-7-13/h3-7,10-12,15-16,20-21H,8-9H2,1-2H3,(H,23,24)(H,25,26). The molecular formula is C18H24N4O4. The Labute approximate surface area is 151 Å². The van der Waals surface area contributed by atoms with Crippen LogP contribution in [0.15, 0.2) is 42.9 Å². The molecule has 0 spiro atoms. The zero-order chi connectivity index (χ0) is 19.1. The predicted molar refractivity (Wildman–Crippen MR) is 96.8 cm³/mol. The first-order valence-corrected chi connectivity index (χ1v) is 8.41. The van der Waals surface area contributed by atoms with E-state index in [1.165, 1.54) is 0 Å². The Morgan fingerprint density at radius 2 is 1.77 bits per heavy atom. The molecule has 2 unspecified atom stereocenters. The Morgan fingerprint density at radius 3 is 2.35 bits per heavy atom. The van der Waals surface area contributed by atoms with Gasteiger partial charge in [-0.1, -0.05) is 32.0 Å². The van der Waals surface area contributed by atoms with Crippen LogP contribution in [0.3, 0.4) is 0 Å². The summed E-state index contributed by atoms with van der Waals surface area (Å²) in [5.74, 6) is -2.03. The molecule has 0 bridgehead atoms. The lowest BCUT2D eigenvalue weighted by Crippen LogP contribution is -2.49. The number of aromatic nitrogens is 2. The third kappa shape index (κ3) is 5.59. The quantitative estimate of drug-likeness (QED) is 0.511. The molecule has 2 atom stereocenters. The zero-order valence-corrected chi connectivity index (χ0v) is 14.8. The molecule has 1 aromatic heterocycles. The number of aliphatic carboxylic acids is 2. The van der Waals surface area contributed by atoms with Gasteiger partial charge in [0.15, 0.2) is 0 Å². The van der Waals surface area contributed by atoms with E-state index < -0.39 is 24.0 Å². The van der Waals surface area contributed by atoms with Crippen molar-refractivity contribution < 1.29 is 19.8 Å². The molecule has 8 heteroatoms. The van der Waals surface area contributed by atoms with Crippen molar-refractivity contribution in [3.63, 3.8) is 0 Å². The molecular weight excluding hydrogens is 336 g/mol. The van der Waals surface area contributed by atoms with Gasteiger partial charge >= 0.3 is 11.9 Å². The largest absolute Gasteiger partial charge is 0.480 e. The van der Waals surface area contributed by atoms with E-state index in [2.05, 4.69) is 15.7 Å². The molecule has 140 valence electrons. The Kier molecular flexibility index (Phi) is 6.74. The number of carboxylic acids is 2. The number of nitrogens with one attached hydrogen (secondary N) is 2. The van der Waals surface area contributed by atoms with Crippen molar-refractivity contribution in [2.75, 3.05) is 5.43 Å². The molecule has 26 heavy (non-hydrogen) atoms. The minimum absolute atomic E-state index is 0.0943. The first-order chi connectivity index (χ1) is 12.4. The van der Waals surface area contributed by atoms with Crippen LogP contribution in [0.4, 0.5) is 5.69 Å². The monoisotopic (exact) mass is 360 g/mol. The highest BCUT2D eigenvalue weighted by Crippen LogP contribution is 2.11. The molecule has 0 saturated carbocycles. The molecule has 8 nitrogen and oxygen atoms in total. The van der Waals surface area contributed by atoms with Gasteiger partial charge in [-0.3, -0.25) is 20.3 Å². The molecule has 0 fully saturated rings. The van der Waals surface area contributed by atoms with Crippen molar-refractivity contribution >= 4 is 17.6 Å². The summed E-state index contributed by atoms with van der Waals surface area (Å²) in [5.41, 5.74) is 4.58. The van der Waals surface area contributed by atoms with Crippen LogP contribution in [-0.2, 0) is 16.0 Å². The Bertz CT molecular complexity index is 730. The van der Waals surface area contributed by atoms with Gasteiger partial charge in [0.25, 0.3) is 0 Å². The maximum Gasteiger partial charge on any atom is 0.321 e. The summed E-state index contributed by atoms with van der Waals surface area (Å²) in [6.07, 6.45) is 3.55. The van der Waals surface area contributed by atoms with E-state index in [1.54, 1.807) is 17.2 Å². The van der Waals surface area contributed by atoms with Crippen LogP contribution in [0.5, 0.6) is 0 Å². The molecule has 4 N–H and O–H groups in total. The van der Waals surface area contributed by atoms with Crippen LogP contribution in [0.25, 0.3) is 0 Å². The minimum atomic E-state index is -1.10. The molecule has 0 saturated heterocycles. The third-order valence-electron chi connectivity index (χ3n) is 3.86. The van der Waals surface area contributed by atoms with Crippen LogP contribution in [-0.4, -0.2) is 43.9 Å². The van der Waals surface area contributed by atoms with Gasteiger partial charge in [-0.2, -0.15) is 0 Å². The highest BCUT2D eigenvalue weighted by Gasteiger charge is 2.27. The Hall–Kier alpha value is -2.87. The number of para-hydroxylation sites is 1. The number of carboxylic acid groups (broad SMARTS) is 2. The first kappa shape index (κ1) is 19.5. The highest BCUT2D eigenvalue weighted by atomic mass is 16.4. The summed E-state index contributed by atoms with van der Waals surface area (Å²) >= 11 is 0. The van der Waals surface area contributed by atoms with E-state index in [0.717, 1.165) is 5.69 Å². The molecule has 2 aromatic rings. The first-order valence-electron chi connectivity index (χ1n) is 8.41. The van der Waals surface area contributed by atoms with Gasteiger partial charge in [0.2, 0.25) is 0 Å². The van der Waals surface area contributed by atoms with Gasteiger partial charge in [0.1, 0.15) is 18.4 Å². The summed E-state index contributed by atoms with van der Waals surface area (Å²) in [6, 6.07) is 7.44. The number of hydrogen-bond acceptors (Lipinski definition) is 5. The Balaban J connectivity index is 2.12. The number of rotatable bonds is 10. The minimum Gasteiger partial charge on any atom is -0.480 e. The van der Waals surface area contributed by atoms with Crippen molar-refractivity contribution in [1.29, 1.82) is 0 Å². The molecule has 0 amide bonds. The number of imidazole rings is 1. The van der Waals surface area contributed by atoms with Crippen LogP contribution in [0, 0.1) is 5.92 Å². The van der Waals surface area contributed by atoms with Crippen LogP contribution in [0.1, 0.15) is 26.0 Å². The van der Waals surface area contributed by atoms with Crippen molar-refractivity contribution in [2.24, 2.45) is 5.92 Å². The highest BCUT2D eigenvalue weighted by molar-refractivity contribution is 5.77. The van der Waals surface area contributed by atoms with E-state index in [9.17, 15) is 19.8 Å². The number of benzene rings is 1. The number of anilines is 1. The lowest BCUT2D eigenvalue weighted by molar-refractivity contribution is -0.142. The van der Waals surface area contributed by atoms with Crippen LogP contribution < -0.4 is 10.7 Å². The number of hydrogen-bond donors (Lipinski definition) is 4. The fourth-order valence-corrected chi connectivity index (χ4v) is 2.61. The SMILES string of the molecule is CC(C)CC(NC(Cc1cncn1Nc1ccccc1)C(=O)O)C(=O)O. The predicted octanol–water partition coefficient (Wildman–Crippen LogP) is 1.84. The molecule has 0 aliphatic rings. The van der Waals surface area contributed by atoms with Crippen molar-refractivity contribution in [2.45, 2.75) is 38.8 Å². The maximum absolute atomic E-state index is 11.6. The van der Waals surface area contributed by atoms with Gasteiger partial charge in [-0.15, -0.1) is 0 Å². The van der Waals surface area contributed by atoms with Crippen molar-refractivity contribution in [3.05, 3.63) is 48.5 Å². The maximum atomic E-state index is 11.6. The van der Waals surface area contributed by atoms with Gasteiger partial charge in [-0.05, 0) is 24.5 Å². The van der Waals surface area contributed by atoms with E-state index in [4.69, 9.17) is 0 Å². The topological polar surface area (TPSA) is 116 Å². The average molecular weight is 360 g/mol. The molecule has 0 radical (unpaired) electrons. The van der Waals surface area contributed by atoms with Crippen molar-refractivity contribution in [3.8, 4) is 0 Å². The van der Waals surface area contributed by atoms with E-state index >= 15 is 0 Å². The van der Waals surface area contributed by atoms with Gasteiger partial charge in [0.05, 0.1) is 17.6 Å². The molecule has 2 rings (SSSR count). The summed E-state index contributed by atoms with van der Waals surface area (Å²) in [5, 5.41) is 21.6. The van der Waals surface area contributed by atoms with Gasteiger partial charge in [-0.25, -0.2) is 9.66 Å². The number of carbonyl (C=O) groups is 2. The molecule has 0 aliphatic heterocycles. The van der Waals surface area contributed by atoms with Gasteiger partial charge in [0, 0.05) is 6.42 Å². The molecule has 1 aromatic carbocycles. The van der Waals surface area contributed by atoms with E-state index in [-0.39, 0.29) is 12.3 Å². The van der Waals surface area contributed by atoms with Crippen molar-refractivity contribution in [1.82, 2.24) is 15.0 Å². The lowest BCUT2D eigenvalue weighted by Gasteiger charge is -2.22. The van der Waals surface area contributed by atoms with E-state index in [1.807, 2.05) is 44.2 Å². The average Bonchev–Trinajstić information content (AvgIpc) is 3.00. The fraction of sp³-hybridized carbons (Fsp3) is 0.389. The second-order valence-corrected chi connectivity index (χ2v) is 6.51. The number of nitrogens with zero attached hydrogens (tertiary/aromatic N) is 2. The smallest absolute Gasteiger partial charge is 0.321 e. The van der Waals surface area contributed by atoms with Crippen LogP contribution in [0.2, 0.25) is 0 Å². The zero-order valence-electron chi connectivity index (χ0n) is 14.8. The Morgan fingerprint density at radius 1 is 1.12 bits per heavy atom. The normalized spacial score (nSPS) is 13.3. The summed E-state index contributed by atoms with van der Waals surface area (Å²) < 4.78 is 1.63. The second-order valence-electron chi connectivity index (χ2n) is 6.51. The molecule has 0 aliphatic carbocycles. The van der Waals surface area contributed by atoms with Crippen LogP contribution >= 0.6 is 0 Å². The second kappa shape index (κ2) is 9.00. The fourth-order valence-electron chi connectivity index (χ4n) is 2.61. The summed E-state index contributed by atoms with van der Waals surface area (Å²) in [6.45, 7) is 3.79. The third-order valence-corrected chi connectivity index (χ3v) is 3.86. The lowest BCUT2D eigenvalue weighted by atomic mass is 10.0. The summed E-state index contributed by atoms with van der Waals surface area (Å²) in [4.78, 5) is 27.1. The summed E-state index contributed by atoms with van der Waals surface area (Å²) in [7, 11) is 0.